The molecular weight excluding hydrogens is 294 g/mol. The molecule has 0 aliphatic carbocycles. The van der Waals surface area contributed by atoms with Crippen LogP contribution >= 0.6 is 0 Å². The Morgan fingerprint density at radius 1 is 1.14 bits per heavy atom. The molecule has 0 aromatic heterocycles. The molecule has 0 bridgehead atoms. The third-order valence-electron chi connectivity index (χ3n) is 2.88. The Hall–Kier alpha value is -2.51. The largest absolute Gasteiger partial charge is 0.393 e. The van der Waals surface area contributed by atoms with Crippen LogP contribution in [-0.2, 0) is 0 Å². The fraction of sp³-hybridized carbons (Fsp3) is 0.133. The summed E-state index contributed by atoms with van der Waals surface area (Å²) in [5.41, 5.74) is 0.615. The Morgan fingerprint density at radius 2 is 1.91 bits per heavy atom. The second-order valence-corrected chi connectivity index (χ2v) is 4.53. The van der Waals surface area contributed by atoms with Crippen LogP contribution in [0.5, 0.6) is 0 Å². The third kappa shape index (κ3) is 4.00. The molecule has 0 saturated heterocycles. The van der Waals surface area contributed by atoms with Gasteiger partial charge in [0, 0.05) is 11.8 Å². The summed E-state index contributed by atoms with van der Waals surface area (Å²) in [5, 5.41) is 23.1. The van der Waals surface area contributed by atoms with Gasteiger partial charge in [0.1, 0.15) is 17.7 Å². The number of anilines is 2. The van der Waals surface area contributed by atoms with E-state index in [-0.39, 0.29) is 5.69 Å². The lowest BCUT2D eigenvalue weighted by molar-refractivity contribution is 0.0956. The number of halogens is 2. The van der Waals surface area contributed by atoms with Crippen molar-refractivity contribution in [2.75, 3.05) is 17.2 Å². The van der Waals surface area contributed by atoms with Gasteiger partial charge in [0.15, 0.2) is 0 Å². The van der Waals surface area contributed by atoms with Gasteiger partial charge in [-0.2, -0.15) is 0 Å². The molecule has 0 fully saturated rings. The number of urea groups is 1. The monoisotopic (exact) mass is 308 g/mol. The lowest BCUT2D eigenvalue weighted by Crippen LogP contribution is -2.20. The number of carbonyl (C=O) groups excluding carboxylic acids is 1. The molecule has 22 heavy (non-hydrogen) atoms. The van der Waals surface area contributed by atoms with Crippen LogP contribution < -0.4 is 10.6 Å². The second-order valence-electron chi connectivity index (χ2n) is 4.53. The maximum absolute atomic E-state index is 13.4. The fourth-order valence-corrected chi connectivity index (χ4v) is 1.80. The normalized spacial score (nSPS) is 11.8. The van der Waals surface area contributed by atoms with Gasteiger partial charge >= 0.3 is 6.03 Å². The summed E-state index contributed by atoms with van der Waals surface area (Å²) in [7, 11) is 0. The summed E-state index contributed by atoms with van der Waals surface area (Å²) in [5.74, 6) is -1.63. The van der Waals surface area contributed by atoms with E-state index >= 15 is 0 Å². The number of hydrogen-bond donors (Lipinski definition) is 4. The minimum atomic E-state index is -1.06. The number of benzene rings is 2. The average Bonchev–Trinajstić information content (AvgIpc) is 2.49. The van der Waals surface area contributed by atoms with Gasteiger partial charge in [0.25, 0.3) is 0 Å². The van der Waals surface area contributed by atoms with Crippen molar-refractivity contribution >= 4 is 17.4 Å². The van der Waals surface area contributed by atoms with Gasteiger partial charge in [-0.15, -0.1) is 0 Å². The van der Waals surface area contributed by atoms with Crippen molar-refractivity contribution in [2.24, 2.45) is 0 Å². The molecule has 1 atom stereocenters. The zero-order valence-corrected chi connectivity index (χ0v) is 11.4. The van der Waals surface area contributed by atoms with Gasteiger partial charge in [0.2, 0.25) is 0 Å². The summed E-state index contributed by atoms with van der Waals surface area (Å²) in [6.45, 7) is -0.448. The molecule has 0 aliphatic heterocycles. The van der Waals surface area contributed by atoms with Crippen molar-refractivity contribution < 1.29 is 23.8 Å². The zero-order valence-electron chi connectivity index (χ0n) is 11.4. The molecule has 2 rings (SSSR count). The van der Waals surface area contributed by atoms with Crippen LogP contribution in [0, 0.1) is 11.6 Å². The fourth-order valence-electron chi connectivity index (χ4n) is 1.80. The Balaban J connectivity index is 2.06. The molecule has 0 spiro atoms. The van der Waals surface area contributed by atoms with Crippen molar-refractivity contribution in [3.05, 3.63) is 59.7 Å². The molecule has 1 unspecified atom stereocenters. The standard InChI is InChI=1S/C15H14F2N2O3/c16-10-4-5-13(12(17)7-10)19-15(22)18-11-3-1-2-9(6-11)14(21)8-20/h1-7,14,20-21H,8H2,(H2,18,19,22). The van der Waals surface area contributed by atoms with Crippen molar-refractivity contribution in [2.45, 2.75) is 6.10 Å². The predicted molar refractivity (Wildman–Crippen MR) is 77.5 cm³/mol. The Labute approximate surface area is 125 Å². The summed E-state index contributed by atoms with van der Waals surface area (Å²) in [4.78, 5) is 11.8. The van der Waals surface area contributed by atoms with E-state index < -0.39 is 30.4 Å². The highest BCUT2D eigenvalue weighted by Gasteiger charge is 2.10. The van der Waals surface area contributed by atoms with Crippen LogP contribution in [0.4, 0.5) is 25.0 Å². The van der Waals surface area contributed by atoms with Crippen LogP contribution in [0.2, 0.25) is 0 Å². The SMILES string of the molecule is O=C(Nc1cccc(C(O)CO)c1)Nc1ccc(F)cc1F. The van der Waals surface area contributed by atoms with Crippen molar-refractivity contribution in [1.82, 2.24) is 0 Å². The Kier molecular flexibility index (Phi) is 5.03. The summed E-state index contributed by atoms with van der Waals surface area (Å²) >= 11 is 0. The van der Waals surface area contributed by atoms with Crippen molar-refractivity contribution in [1.29, 1.82) is 0 Å². The molecule has 0 saturated carbocycles. The minimum Gasteiger partial charge on any atom is -0.393 e. The first-order valence-electron chi connectivity index (χ1n) is 6.41. The molecule has 0 heterocycles. The van der Waals surface area contributed by atoms with Crippen LogP contribution in [0.1, 0.15) is 11.7 Å². The molecule has 7 heteroatoms. The van der Waals surface area contributed by atoms with Gasteiger partial charge in [-0.05, 0) is 29.8 Å². The maximum Gasteiger partial charge on any atom is 0.323 e. The Morgan fingerprint density at radius 3 is 2.59 bits per heavy atom. The van der Waals surface area contributed by atoms with Gasteiger partial charge < -0.3 is 20.8 Å². The summed E-state index contributed by atoms with van der Waals surface area (Å²) < 4.78 is 26.2. The lowest BCUT2D eigenvalue weighted by atomic mass is 10.1. The quantitative estimate of drug-likeness (QED) is 0.701. The molecule has 0 aliphatic rings. The Bertz CT molecular complexity index is 680. The average molecular weight is 308 g/mol. The van der Waals surface area contributed by atoms with E-state index in [0.29, 0.717) is 17.3 Å². The van der Waals surface area contributed by atoms with Crippen LogP contribution in [0.25, 0.3) is 0 Å². The highest BCUT2D eigenvalue weighted by molar-refractivity contribution is 5.99. The van der Waals surface area contributed by atoms with Gasteiger partial charge in [-0.3, -0.25) is 0 Å². The molecule has 2 amide bonds. The highest BCUT2D eigenvalue weighted by atomic mass is 19.1. The molecule has 2 aromatic rings. The molecule has 0 radical (unpaired) electrons. The maximum atomic E-state index is 13.4. The number of amides is 2. The van der Waals surface area contributed by atoms with E-state index in [0.717, 1.165) is 12.1 Å². The number of carbonyl (C=O) groups is 1. The van der Waals surface area contributed by atoms with Gasteiger partial charge in [0.05, 0.1) is 12.3 Å². The van der Waals surface area contributed by atoms with Gasteiger partial charge in [-0.25, -0.2) is 13.6 Å². The summed E-state index contributed by atoms with van der Waals surface area (Å²) in [6.07, 6.45) is -1.06. The first-order valence-corrected chi connectivity index (χ1v) is 6.41. The van der Waals surface area contributed by atoms with Crippen molar-refractivity contribution in [3.63, 3.8) is 0 Å². The van der Waals surface area contributed by atoms with E-state index in [1.54, 1.807) is 18.2 Å². The van der Waals surface area contributed by atoms with E-state index in [1.165, 1.54) is 6.07 Å². The van der Waals surface area contributed by atoms with E-state index in [9.17, 15) is 18.7 Å². The number of nitrogens with one attached hydrogen (secondary N) is 2. The van der Waals surface area contributed by atoms with Gasteiger partial charge in [-0.1, -0.05) is 12.1 Å². The van der Waals surface area contributed by atoms with Crippen molar-refractivity contribution in [3.8, 4) is 0 Å². The zero-order chi connectivity index (χ0) is 16.1. The number of rotatable bonds is 4. The van der Waals surface area contributed by atoms with E-state index in [4.69, 9.17) is 5.11 Å². The second kappa shape index (κ2) is 6.97. The number of hydrogen-bond acceptors (Lipinski definition) is 3. The summed E-state index contributed by atoms with van der Waals surface area (Å²) in [6, 6.07) is 8.28. The first-order chi connectivity index (χ1) is 10.5. The molecule has 5 nitrogen and oxygen atoms in total. The predicted octanol–water partition coefficient (Wildman–Crippen LogP) is 2.63. The molecular formula is C15H14F2N2O3. The first kappa shape index (κ1) is 15.9. The minimum absolute atomic E-state index is 0.162. The third-order valence-corrected chi connectivity index (χ3v) is 2.88. The van der Waals surface area contributed by atoms with E-state index in [1.807, 2.05) is 0 Å². The smallest absolute Gasteiger partial charge is 0.323 e. The van der Waals surface area contributed by atoms with Crippen LogP contribution in [-0.4, -0.2) is 22.9 Å². The molecule has 4 N–H and O–H groups in total. The highest BCUT2D eigenvalue weighted by Crippen LogP contribution is 2.18. The van der Waals surface area contributed by atoms with Crippen LogP contribution in [0.15, 0.2) is 42.5 Å². The van der Waals surface area contributed by atoms with E-state index in [2.05, 4.69) is 10.6 Å². The lowest BCUT2D eigenvalue weighted by Gasteiger charge is -2.11. The molecule has 116 valence electrons. The van der Waals surface area contributed by atoms with Crippen LogP contribution in [0.3, 0.4) is 0 Å². The molecule has 2 aromatic carbocycles. The topological polar surface area (TPSA) is 81.6 Å². The number of aliphatic hydroxyl groups excluding tert-OH is 2. The number of aliphatic hydroxyl groups is 2.